The fourth-order valence-electron chi connectivity index (χ4n) is 2.37. The lowest BCUT2D eigenvalue weighted by molar-refractivity contribution is 0.388. The highest BCUT2D eigenvalue weighted by molar-refractivity contribution is 7.89. The fraction of sp³-hybridized carbons (Fsp3) is 0.692. The van der Waals surface area contributed by atoms with Crippen LogP contribution in [0.25, 0.3) is 0 Å². The van der Waals surface area contributed by atoms with E-state index in [1.54, 1.807) is 13.1 Å². The van der Waals surface area contributed by atoms with Crippen LogP contribution in [-0.4, -0.2) is 38.1 Å². The first-order valence-electron chi connectivity index (χ1n) is 6.89. The van der Waals surface area contributed by atoms with E-state index >= 15 is 0 Å². The molecule has 0 amide bonds. The average molecular weight is 337 g/mol. The highest BCUT2D eigenvalue weighted by atomic mass is 35.5. The number of halogens is 1. The summed E-state index contributed by atoms with van der Waals surface area (Å²) in [6.07, 6.45) is 4.17. The first kappa shape index (κ1) is 16.2. The largest absolute Gasteiger partial charge is 0.314 e. The molecule has 1 saturated heterocycles. The van der Waals surface area contributed by atoms with Crippen LogP contribution in [0.15, 0.2) is 12.1 Å². The third kappa shape index (κ3) is 4.70. The van der Waals surface area contributed by atoms with Crippen molar-refractivity contribution in [1.82, 2.24) is 9.62 Å². The molecule has 1 aliphatic heterocycles. The first-order valence-corrected chi connectivity index (χ1v) is 9.69. The Labute approximate surface area is 130 Å². The molecule has 1 unspecified atom stereocenters. The standard InChI is InChI=1S/C13H21ClN2O2S2/c1-16(10-12-5-6-13(14)19-12)20(17,18)9-7-11-4-2-3-8-15-11/h5-6,11,15H,2-4,7-10H2,1H3. The van der Waals surface area contributed by atoms with Crippen molar-refractivity contribution in [2.45, 2.75) is 38.3 Å². The van der Waals surface area contributed by atoms with Crippen LogP contribution in [0.2, 0.25) is 4.34 Å². The molecule has 0 spiro atoms. The molecule has 1 aromatic heterocycles. The van der Waals surface area contributed by atoms with Crippen LogP contribution in [0, 0.1) is 0 Å². The van der Waals surface area contributed by atoms with Gasteiger partial charge in [0.25, 0.3) is 0 Å². The van der Waals surface area contributed by atoms with Gasteiger partial charge < -0.3 is 5.32 Å². The Morgan fingerprint density at radius 3 is 2.85 bits per heavy atom. The summed E-state index contributed by atoms with van der Waals surface area (Å²) in [5, 5.41) is 3.39. The Balaban J connectivity index is 1.85. The normalized spacial score (nSPS) is 20.4. The molecule has 1 N–H and O–H groups in total. The molecule has 2 rings (SSSR count). The highest BCUT2D eigenvalue weighted by Crippen LogP contribution is 2.23. The average Bonchev–Trinajstić information content (AvgIpc) is 2.83. The summed E-state index contributed by atoms with van der Waals surface area (Å²) in [4.78, 5) is 0.969. The number of hydrogen-bond acceptors (Lipinski definition) is 4. The van der Waals surface area contributed by atoms with Gasteiger partial charge in [-0.3, -0.25) is 0 Å². The fourth-order valence-corrected chi connectivity index (χ4v) is 4.82. The van der Waals surface area contributed by atoms with Crippen LogP contribution in [-0.2, 0) is 16.6 Å². The van der Waals surface area contributed by atoms with Gasteiger partial charge in [0.2, 0.25) is 10.0 Å². The van der Waals surface area contributed by atoms with Gasteiger partial charge in [-0.25, -0.2) is 8.42 Å². The van der Waals surface area contributed by atoms with Gasteiger partial charge in [0, 0.05) is 24.5 Å². The molecule has 1 aliphatic rings. The Morgan fingerprint density at radius 1 is 1.45 bits per heavy atom. The number of nitrogens with zero attached hydrogens (tertiary/aromatic N) is 1. The molecule has 1 fully saturated rings. The second kappa shape index (κ2) is 7.22. The van der Waals surface area contributed by atoms with E-state index in [-0.39, 0.29) is 5.75 Å². The van der Waals surface area contributed by atoms with E-state index in [9.17, 15) is 8.42 Å². The molecule has 0 aromatic carbocycles. The second-order valence-electron chi connectivity index (χ2n) is 5.21. The van der Waals surface area contributed by atoms with Crippen molar-refractivity contribution in [3.63, 3.8) is 0 Å². The van der Waals surface area contributed by atoms with Gasteiger partial charge in [0.05, 0.1) is 10.1 Å². The third-order valence-electron chi connectivity index (χ3n) is 3.62. The highest BCUT2D eigenvalue weighted by Gasteiger charge is 2.21. The molecule has 4 nitrogen and oxygen atoms in total. The molecule has 2 heterocycles. The van der Waals surface area contributed by atoms with Crippen molar-refractivity contribution >= 4 is 33.0 Å². The molecule has 0 aliphatic carbocycles. The topological polar surface area (TPSA) is 49.4 Å². The van der Waals surface area contributed by atoms with Crippen molar-refractivity contribution in [3.8, 4) is 0 Å². The minimum atomic E-state index is -3.19. The molecule has 1 aromatic rings. The van der Waals surface area contributed by atoms with Gasteiger partial charge >= 0.3 is 0 Å². The Kier molecular flexibility index (Phi) is 5.86. The summed E-state index contributed by atoms with van der Waals surface area (Å²) in [6, 6.07) is 4.03. The van der Waals surface area contributed by atoms with E-state index in [0.717, 1.165) is 17.8 Å². The van der Waals surface area contributed by atoms with Gasteiger partial charge in [-0.05, 0) is 37.9 Å². The minimum Gasteiger partial charge on any atom is -0.314 e. The molecule has 0 saturated carbocycles. The number of piperidine rings is 1. The zero-order chi connectivity index (χ0) is 14.6. The summed E-state index contributed by atoms with van der Waals surface area (Å²) >= 11 is 7.29. The summed E-state index contributed by atoms with van der Waals surface area (Å²) < 4.78 is 26.6. The van der Waals surface area contributed by atoms with Gasteiger partial charge in [0.1, 0.15) is 0 Å². The Bertz CT molecular complexity index is 524. The van der Waals surface area contributed by atoms with Crippen LogP contribution in [0.3, 0.4) is 0 Å². The van der Waals surface area contributed by atoms with E-state index in [1.165, 1.54) is 28.5 Å². The van der Waals surface area contributed by atoms with Crippen LogP contribution in [0.1, 0.15) is 30.6 Å². The molecular weight excluding hydrogens is 316 g/mol. The third-order valence-corrected chi connectivity index (χ3v) is 6.67. The molecule has 7 heteroatoms. The van der Waals surface area contributed by atoms with Gasteiger partial charge in [0.15, 0.2) is 0 Å². The van der Waals surface area contributed by atoms with E-state index in [4.69, 9.17) is 11.6 Å². The minimum absolute atomic E-state index is 0.209. The number of rotatable bonds is 6. The Morgan fingerprint density at radius 2 is 2.25 bits per heavy atom. The lowest BCUT2D eigenvalue weighted by atomic mass is 10.0. The van der Waals surface area contributed by atoms with Crippen LogP contribution >= 0.6 is 22.9 Å². The van der Waals surface area contributed by atoms with Gasteiger partial charge in [-0.15, -0.1) is 11.3 Å². The van der Waals surface area contributed by atoms with Crippen molar-refractivity contribution < 1.29 is 8.42 Å². The number of hydrogen-bond donors (Lipinski definition) is 1. The van der Waals surface area contributed by atoms with Crippen molar-refractivity contribution in [2.75, 3.05) is 19.3 Å². The van der Waals surface area contributed by atoms with Gasteiger partial charge in [-0.2, -0.15) is 4.31 Å². The zero-order valence-electron chi connectivity index (χ0n) is 11.6. The molecule has 20 heavy (non-hydrogen) atoms. The summed E-state index contributed by atoms with van der Waals surface area (Å²) in [7, 11) is -1.56. The number of sulfonamides is 1. The maximum Gasteiger partial charge on any atom is 0.214 e. The molecule has 114 valence electrons. The van der Waals surface area contributed by atoms with E-state index < -0.39 is 10.0 Å². The van der Waals surface area contributed by atoms with Crippen LogP contribution in [0.5, 0.6) is 0 Å². The Hall–Kier alpha value is -0.140. The van der Waals surface area contributed by atoms with Crippen LogP contribution in [0.4, 0.5) is 0 Å². The van der Waals surface area contributed by atoms with E-state index in [2.05, 4.69) is 5.32 Å². The van der Waals surface area contributed by atoms with Crippen molar-refractivity contribution in [1.29, 1.82) is 0 Å². The predicted molar refractivity (Wildman–Crippen MR) is 84.8 cm³/mol. The quantitative estimate of drug-likeness (QED) is 0.869. The lowest BCUT2D eigenvalue weighted by Gasteiger charge is -2.24. The smallest absolute Gasteiger partial charge is 0.214 e. The monoisotopic (exact) mass is 336 g/mol. The van der Waals surface area contributed by atoms with E-state index in [1.807, 2.05) is 6.07 Å². The summed E-state index contributed by atoms with van der Waals surface area (Å²) in [5.41, 5.74) is 0. The first-order chi connectivity index (χ1) is 9.47. The maximum absolute atomic E-state index is 12.3. The van der Waals surface area contributed by atoms with Crippen molar-refractivity contribution in [3.05, 3.63) is 21.3 Å². The second-order valence-corrected chi connectivity index (χ2v) is 9.21. The van der Waals surface area contributed by atoms with Gasteiger partial charge in [-0.1, -0.05) is 18.0 Å². The predicted octanol–water partition coefficient (Wildman–Crippen LogP) is 2.70. The van der Waals surface area contributed by atoms with Crippen molar-refractivity contribution in [2.24, 2.45) is 0 Å². The maximum atomic E-state index is 12.3. The number of thiophene rings is 1. The van der Waals surface area contributed by atoms with Crippen LogP contribution < -0.4 is 5.32 Å². The molecule has 0 bridgehead atoms. The summed E-state index contributed by atoms with van der Waals surface area (Å²) in [6.45, 7) is 1.41. The summed E-state index contributed by atoms with van der Waals surface area (Å²) in [5.74, 6) is 0.209. The molecular formula is C13H21ClN2O2S2. The van der Waals surface area contributed by atoms with E-state index in [0.29, 0.717) is 23.3 Å². The zero-order valence-corrected chi connectivity index (χ0v) is 14.0. The number of nitrogens with one attached hydrogen (secondary N) is 1. The molecule has 0 radical (unpaired) electrons. The molecule has 1 atom stereocenters. The lowest BCUT2D eigenvalue weighted by Crippen LogP contribution is -2.37. The SMILES string of the molecule is CN(Cc1ccc(Cl)s1)S(=O)(=O)CCC1CCCCN1.